The summed E-state index contributed by atoms with van der Waals surface area (Å²) in [6, 6.07) is 0.839. The van der Waals surface area contributed by atoms with E-state index in [1.807, 2.05) is 0 Å². The Bertz CT molecular complexity index is 209. The average Bonchev–Trinajstić information content (AvgIpc) is 3.04. The van der Waals surface area contributed by atoms with Gasteiger partial charge in [-0.3, -0.25) is 0 Å². The Balaban J connectivity index is 2.09. The number of nitrogens with zero attached hydrogens (tertiary/aromatic N) is 1. The first-order chi connectivity index (χ1) is 7.92. The quantitative estimate of drug-likeness (QED) is 0.706. The van der Waals surface area contributed by atoms with E-state index >= 15 is 0 Å². The van der Waals surface area contributed by atoms with Gasteiger partial charge in [-0.1, -0.05) is 6.92 Å². The Morgan fingerprint density at radius 1 is 1.35 bits per heavy atom. The Kier molecular flexibility index (Phi) is 5.90. The van der Waals surface area contributed by atoms with Gasteiger partial charge in [-0.15, -0.1) is 0 Å². The van der Waals surface area contributed by atoms with E-state index in [2.05, 4.69) is 45.0 Å². The molecule has 0 aromatic carbocycles. The first kappa shape index (κ1) is 14.9. The van der Waals surface area contributed by atoms with Crippen LogP contribution in [0.2, 0.25) is 0 Å². The summed E-state index contributed by atoms with van der Waals surface area (Å²) in [5.41, 5.74) is 0.182. The molecule has 0 amide bonds. The van der Waals surface area contributed by atoms with Gasteiger partial charge in [0, 0.05) is 24.7 Å². The average molecular weight is 242 g/mol. The zero-order chi connectivity index (χ0) is 12.9. The summed E-state index contributed by atoms with van der Waals surface area (Å²) in [5.74, 6) is 0. The number of hydrogen-bond donors (Lipinski definition) is 1. The second-order valence-electron chi connectivity index (χ2n) is 6.24. The van der Waals surface area contributed by atoms with E-state index in [4.69, 9.17) is 4.74 Å². The molecule has 0 aromatic heterocycles. The van der Waals surface area contributed by atoms with Gasteiger partial charge in [-0.2, -0.15) is 0 Å². The van der Waals surface area contributed by atoms with Crippen LogP contribution in [0.25, 0.3) is 0 Å². The Labute approximate surface area is 107 Å². The fourth-order valence-electron chi connectivity index (χ4n) is 1.80. The SMILES string of the molecule is CCC(CNC(C)(C)C)OCCN(C)C1CC1. The van der Waals surface area contributed by atoms with E-state index in [9.17, 15) is 0 Å². The zero-order valence-electron chi connectivity index (χ0n) is 12.3. The highest BCUT2D eigenvalue weighted by Gasteiger charge is 2.25. The molecule has 0 aliphatic heterocycles. The minimum absolute atomic E-state index is 0.182. The van der Waals surface area contributed by atoms with Gasteiger partial charge in [-0.25, -0.2) is 0 Å². The topological polar surface area (TPSA) is 24.5 Å². The lowest BCUT2D eigenvalue weighted by Crippen LogP contribution is -2.42. The zero-order valence-corrected chi connectivity index (χ0v) is 12.3. The fraction of sp³-hybridized carbons (Fsp3) is 1.00. The van der Waals surface area contributed by atoms with E-state index in [-0.39, 0.29) is 5.54 Å². The van der Waals surface area contributed by atoms with Crippen LogP contribution in [0.3, 0.4) is 0 Å². The molecule has 3 heteroatoms. The van der Waals surface area contributed by atoms with Gasteiger partial charge in [0.15, 0.2) is 0 Å². The van der Waals surface area contributed by atoms with Crippen LogP contribution in [0.5, 0.6) is 0 Å². The normalized spacial score (nSPS) is 18.7. The van der Waals surface area contributed by atoms with Crippen molar-refractivity contribution in [1.29, 1.82) is 0 Å². The monoisotopic (exact) mass is 242 g/mol. The third-order valence-electron chi connectivity index (χ3n) is 3.28. The Morgan fingerprint density at radius 2 is 2.00 bits per heavy atom. The van der Waals surface area contributed by atoms with E-state index in [1.54, 1.807) is 0 Å². The van der Waals surface area contributed by atoms with Crippen LogP contribution in [0.15, 0.2) is 0 Å². The molecule has 1 unspecified atom stereocenters. The first-order valence-corrected chi connectivity index (χ1v) is 6.99. The standard InChI is InChI=1S/C14H30N2O/c1-6-13(11-15-14(2,3)4)17-10-9-16(5)12-7-8-12/h12-13,15H,6-11H2,1-5H3. The van der Waals surface area contributed by atoms with Gasteiger partial charge in [-0.05, 0) is 47.1 Å². The van der Waals surface area contributed by atoms with Gasteiger partial charge < -0.3 is 15.0 Å². The van der Waals surface area contributed by atoms with Crippen molar-refractivity contribution in [2.75, 3.05) is 26.7 Å². The van der Waals surface area contributed by atoms with Crippen molar-refractivity contribution in [3.8, 4) is 0 Å². The number of nitrogens with one attached hydrogen (secondary N) is 1. The van der Waals surface area contributed by atoms with Gasteiger partial charge in [0.25, 0.3) is 0 Å². The first-order valence-electron chi connectivity index (χ1n) is 6.99. The van der Waals surface area contributed by atoms with E-state index in [0.29, 0.717) is 6.10 Å². The van der Waals surface area contributed by atoms with Gasteiger partial charge in [0.1, 0.15) is 0 Å². The van der Waals surface area contributed by atoms with Crippen molar-refractivity contribution >= 4 is 0 Å². The van der Waals surface area contributed by atoms with E-state index < -0.39 is 0 Å². The summed E-state index contributed by atoms with van der Waals surface area (Å²) >= 11 is 0. The molecule has 1 aliphatic rings. The smallest absolute Gasteiger partial charge is 0.0697 e. The van der Waals surface area contributed by atoms with Crippen LogP contribution in [0.1, 0.15) is 47.0 Å². The molecule has 1 fully saturated rings. The molecule has 102 valence electrons. The predicted octanol–water partition coefficient (Wildman–Crippen LogP) is 2.26. The van der Waals surface area contributed by atoms with Crippen LogP contribution in [-0.2, 0) is 4.74 Å². The lowest BCUT2D eigenvalue weighted by molar-refractivity contribution is 0.0346. The second-order valence-corrected chi connectivity index (χ2v) is 6.24. The van der Waals surface area contributed by atoms with Crippen LogP contribution < -0.4 is 5.32 Å². The largest absolute Gasteiger partial charge is 0.376 e. The molecule has 0 radical (unpaired) electrons. The Morgan fingerprint density at radius 3 is 2.47 bits per heavy atom. The lowest BCUT2D eigenvalue weighted by atomic mass is 10.1. The molecule has 1 N–H and O–H groups in total. The van der Waals surface area contributed by atoms with Crippen LogP contribution in [-0.4, -0.2) is 49.3 Å². The summed E-state index contributed by atoms with van der Waals surface area (Å²) in [5, 5.41) is 3.51. The molecule has 1 aliphatic carbocycles. The van der Waals surface area contributed by atoms with Crippen molar-refractivity contribution in [2.24, 2.45) is 0 Å². The molecule has 0 saturated heterocycles. The fourth-order valence-corrected chi connectivity index (χ4v) is 1.80. The molecule has 3 nitrogen and oxygen atoms in total. The predicted molar refractivity (Wildman–Crippen MR) is 73.4 cm³/mol. The second kappa shape index (κ2) is 6.72. The van der Waals surface area contributed by atoms with Gasteiger partial charge in [0.2, 0.25) is 0 Å². The Hall–Kier alpha value is -0.120. The summed E-state index contributed by atoms with van der Waals surface area (Å²) in [6.45, 7) is 11.7. The molecule has 1 saturated carbocycles. The third kappa shape index (κ3) is 7.02. The lowest BCUT2D eigenvalue weighted by Gasteiger charge is -2.25. The number of ether oxygens (including phenoxy) is 1. The maximum Gasteiger partial charge on any atom is 0.0697 e. The summed E-state index contributed by atoms with van der Waals surface area (Å²) < 4.78 is 5.93. The van der Waals surface area contributed by atoms with Crippen molar-refractivity contribution < 1.29 is 4.74 Å². The van der Waals surface area contributed by atoms with Crippen molar-refractivity contribution in [3.05, 3.63) is 0 Å². The van der Waals surface area contributed by atoms with Crippen molar-refractivity contribution in [2.45, 2.75) is 64.6 Å². The third-order valence-corrected chi connectivity index (χ3v) is 3.28. The highest BCUT2D eigenvalue weighted by Crippen LogP contribution is 2.24. The number of rotatable bonds is 8. The molecular weight excluding hydrogens is 212 g/mol. The maximum atomic E-state index is 5.93. The number of hydrogen-bond acceptors (Lipinski definition) is 3. The minimum atomic E-state index is 0.182. The van der Waals surface area contributed by atoms with Crippen molar-refractivity contribution in [3.63, 3.8) is 0 Å². The van der Waals surface area contributed by atoms with Crippen LogP contribution >= 0.6 is 0 Å². The van der Waals surface area contributed by atoms with E-state index in [0.717, 1.165) is 32.2 Å². The van der Waals surface area contributed by atoms with Crippen molar-refractivity contribution in [1.82, 2.24) is 10.2 Å². The van der Waals surface area contributed by atoms with Crippen LogP contribution in [0, 0.1) is 0 Å². The molecule has 17 heavy (non-hydrogen) atoms. The van der Waals surface area contributed by atoms with Gasteiger partial charge in [0.05, 0.1) is 12.7 Å². The maximum absolute atomic E-state index is 5.93. The molecular formula is C14H30N2O. The minimum Gasteiger partial charge on any atom is -0.376 e. The van der Waals surface area contributed by atoms with Gasteiger partial charge >= 0.3 is 0 Å². The summed E-state index contributed by atoms with van der Waals surface area (Å²) in [7, 11) is 2.20. The molecule has 0 bridgehead atoms. The summed E-state index contributed by atoms with van der Waals surface area (Å²) in [6.07, 6.45) is 4.18. The van der Waals surface area contributed by atoms with Crippen LogP contribution in [0.4, 0.5) is 0 Å². The highest BCUT2D eigenvalue weighted by atomic mass is 16.5. The number of likely N-dealkylation sites (N-methyl/N-ethyl adjacent to an activating group) is 1. The highest BCUT2D eigenvalue weighted by molar-refractivity contribution is 4.82. The molecule has 1 rings (SSSR count). The molecule has 0 aromatic rings. The molecule has 0 spiro atoms. The molecule has 0 heterocycles. The van der Waals surface area contributed by atoms with E-state index in [1.165, 1.54) is 12.8 Å². The molecule has 1 atom stereocenters. The summed E-state index contributed by atoms with van der Waals surface area (Å²) in [4.78, 5) is 2.42.